The van der Waals surface area contributed by atoms with E-state index >= 15 is 0 Å². The lowest BCUT2D eigenvalue weighted by Crippen LogP contribution is -2.37. The highest BCUT2D eigenvalue weighted by atomic mass is 15.2. The second-order valence-corrected chi connectivity index (χ2v) is 6.57. The minimum atomic E-state index is 0.524. The van der Waals surface area contributed by atoms with Crippen molar-refractivity contribution < 1.29 is 0 Å². The van der Waals surface area contributed by atoms with E-state index in [1.807, 2.05) is 6.20 Å². The van der Waals surface area contributed by atoms with Crippen LogP contribution in [0.2, 0.25) is 0 Å². The Balaban J connectivity index is 1.97. The van der Waals surface area contributed by atoms with E-state index < -0.39 is 0 Å². The third kappa shape index (κ3) is 3.69. The molecule has 1 aliphatic rings. The fourth-order valence-electron chi connectivity index (χ4n) is 2.90. The van der Waals surface area contributed by atoms with Crippen molar-refractivity contribution in [2.45, 2.75) is 52.0 Å². The molecule has 2 N–H and O–H groups in total. The van der Waals surface area contributed by atoms with E-state index in [0.29, 0.717) is 18.0 Å². The largest absolute Gasteiger partial charge is 0.357 e. The monoisotopic (exact) mass is 261 g/mol. The number of nitrogens with zero attached hydrogens (tertiary/aromatic N) is 2. The number of hydrogen-bond acceptors (Lipinski definition) is 3. The average molecular weight is 261 g/mol. The van der Waals surface area contributed by atoms with E-state index in [2.05, 4.69) is 42.9 Å². The van der Waals surface area contributed by atoms with Gasteiger partial charge in [-0.2, -0.15) is 0 Å². The molecule has 1 aromatic heterocycles. The fourth-order valence-corrected chi connectivity index (χ4v) is 2.90. The maximum Gasteiger partial charge on any atom is 0.128 e. The molecule has 1 saturated carbocycles. The zero-order chi connectivity index (χ0) is 13.9. The Hall–Kier alpha value is -1.09. The van der Waals surface area contributed by atoms with Gasteiger partial charge in [0, 0.05) is 19.3 Å². The number of anilines is 1. The number of pyridine rings is 1. The second kappa shape index (κ2) is 5.91. The highest BCUT2D eigenvalue weighted by Crippen LogP contribution is 2.37. The van der Waals surface area contributed by atoms with E-state index in [-0.39, 0.29) is 0 Å². The minimum absolute atomic E-state index is 0.524. The van der Waals surface area contributed by atoms with Crippen LogP contribution in [-0.2, 0) is 6.42 Å². The molecule has 3 nitrogen and oxygen atoms in total. The van der Waals surface area contributed by atoms with Gasteiger partial charge in [-0.05, 0) is 55.7 Å². The first-order valence-electron chi connectivity index (χ1n) is 7.40. The predicted molar refractivity (Wildman–Crippen MR) is 81.4 cm³/mol. The van der Waals surface area contributed by atoms with Gasteiger partial charge >= 0.3 is 0 Å². The molecule has 0 unspecified atom stereocenters. The van der Waals surface area contributed by atoms with Gasteiger partial charge < -0.3 is 10.6 Å². The summed E-state index contributed by atoms with van der Waals surface area (Å²) in [5, 5.41) is 0. The maximum absolute atomic E-state index is 5.56. The summed E-state index contributed by atoms with van der Waals surface area (Å²) in [4.78, 5) is 6.93. The Labute approximate surface area is 117 Å². The normalized spacial score (nSPS) is 19.4. The fraction of sp³-hybridized carbons (Fsp3) is 0.688. The molecule has 1 fully saturated rings. The van der Waals surface area contributed by atoms with Crippen LogP contribution in [0.4, 0.5) is 5.82 Å². The highest BCUT2D eigenvalue weighted by Gasteiger charge is 2.29. The third-order valence-corrected chi connectivity index (χ3v) is 4.46. The molecule has 0 radical (unpaired) electrons. The molecule has 0 spiro atoms. The molecule has 0 aliphatic heterocycles. The molecule has 1 aliphatic carbocycles. The van der Waals surface area contributed by atoms with E-state index in [0.717, 1.165) is 12.2 Å². The van der Waals surface area contributed by atoms with Crippen LogP contribution in [0.3, 0.4) is 0 Å². The Bertz CT molecular complexity index is 387. The molecule has 106 valence electrons. The second-order valence-electron chi connectivity index (χ2n) is 6.57. The lowest BCUT2D eigenvalue weighted by Gasteiger charge is -2.39. The van der Waals surface area contributed by atoms with Crippen molar-refractivity contribution in [3.63, 3.8) is 0 Å². The van der Waals surface area contributed by atoms with Gasteiger partial charge in [-0.3, -0.25) is 0 Å². The quantitative estimate of drug-likeness (QED) is 0.906. The van der Waals surface area contributed by atoms with Crippen LogP contribution < -0.4 is 10.6 Å². The lowest BCUT2D eigenvalue weighted by molar-refractivity contribution is 0.222. The standard InChI is InChI=1S/C16H27N3/c1-16(2)9-6-14(7-10-16)19(3)15-5-4-13(8-11-17)12-18-15/h4-5,12,14H,6-11,17H2,1-3H3. The Morgan fingerprint density at radius 1 is 1.32 bits per heavy atom. The first-order valence-corrected chi connectivity index (χ1v) is 7.40. The van der Waals surface area contributed by atoms with E-state index in [1.165, 1.54) is 31.2 Å². The summed E-state index contributed by atoms with van der Waals surface area (Å²) < 4.78 is 0. The molecule has 2 rings (SSSR count). The molecular weight excluding hydrogens is 234 g/mol. The van der Waals surface area contributed by atoms with Crippen molar-refractivity contribution in [3.8, 4) is 0 Å². The van der Waals surface area contributed by atoms with Crippen molar-refractivity contribution >= 4 is 5.82 Å². The van der Waals surface area contributed by atoms with Gasteiger partial charge in [0.15, 0.2) is 0 Å². The van der Waals surface area contributed by atoms with Crippen molar-refractivity contribution in [1.29, 1.82) is 0 Å². The number of rotatable bonds is 4. The van der Waals surface area contributed by atoms with Gasteiger partial charge in [-0.15, -0.1) is 0 Å². The molecule has 0 aromatic carbocycles. The summed E-state index contributed by atoms with van der Waals surface area (Å²) in [5.74, 6) is 1.09. The Kier molecular flexibility index (Phi) is 4.46. The van der Waals surface area contributed by atoms with Crippen LogP contribution in [0, 0.1) is 5.41 Å². The van der Waals surface area contributed by atoms with Gasteiger partial charge in [0.05, 0.1) is 0 Å². The van der Waals surface area contributed by atoms with Crippen molar-refractivity contribution in [3.05, 3.63) is 23.9 Å². The predicted octanol–water partition coefficient (Wildman–Crippen LogP) is 2.99. The smallest absolute Gasteiger partial charge is 0.128 e. The number of aromatic nitrogens is 1. The van der Waals surface area contributed by atoms with Crippen LogP contribution in [-0.4, -0.2) is 24.6 Å². The van der Waals surface area contributed by atoms with Crippen molar-refractivity contribution in [2.75, 3.05) is 18.5 Å². The number of nitrogens with two attached hydrogens (primary N) is 1. The summed E-state index contributed by atoms with van der Waals surface area (Å²) in [6, 6.07) is 4.92. The van der Waals surface area contributed by atoms with Gasteiger partial charge in [-0.25, -0.2) is 4.98 Å². The van der Waals surface area contributed by atoms with Crippen LogP contribution in [0.5, 0.6) is 0 Å². The SMILES string of the molecule is CN(c1ccc(CCN)cn1)C1CCC(C)(C)CC1. The topological polar surface area (TPSA) is 42.1 Å². The van der Waals surface area contributed by atoms with E-state index in [4.69, 9.17) is 5.73 Å². The lowest BCUT2D eigenvalue weighted by atomic mass is 9.75. The summed E-state index contributed by atoms with van der Waals surface area (Å²) in [5.41, 5.74) is 7.31. The molecule has 0 bridgehead atoms. The maximum atomic E-state index is 5.56. The number of hydrogen-bond donors (Lipinski definition) is 1. The van der Waals surface area contributed by atoms with Crippen molar-refractivity contribution in [2.24, 2.45) is 11.1 Å². The van der Waals surface area contributed by atoms with Gasteiger partial charge in [-0.1, -0.05) is 19.9 Å². The first kappa shape index (κ1) is 14.3. The van der Waals surface area contributed by atoms with E-state index in [9.17, 15) is 0 Å². The molecule has 0 amide bonds. The first-order chi connectivity index (χ1) is 9.02. The van der Waals surface area contributed by atoms with Crippen LogP contribution in [0.15, 0.2) is 18.3 Å². The molecule has 19 heavy (non-hydrogen) atoms. The molecule has 0 atom stereocenters. The van der Waals surface area contributed by atoms with Gasteiger partial charge in [0.2, 0.25) is 0 Å². The zero-order valence-corrected chi connectivity index (χ0v) is 12.5. The van der Waals surface area contributed by atoms with E-state index in [1.54, 1.807) is 0 Å². The summed E-state index contributed by atoms with van der Waals surface area (Å²) >= 11 is 0. The van der Waals surface area contributed by atoms with Crippen LogP contribution in [0.1, 0.15) is 45.1 Å². The summed E-state index contributed by atoms with van der Waals surface area (Å²) in [7, 11) is 2.17. The van der Waals surface area contributed by atoms with Gasteiger partial charge in [0.1, 0.15) is 5.82 Å². The zero-order valence-electron chi connectivity index (χ0n) is 12.5. The van der Waals surface area contributed by atoms with Crippen LogP contribution in [0.25, 0.3) is 0 Å². The molecule has 0 saturated heterocycles. The summed E-state index contributed by atoms with van der Waals surface area (Å²) in [6.07, 6.45) is 8.05. The molecule has 1 aromatic rings. The molecule has 3 heteroatoms. The third-order valence-electron chi connectivity index (χ3n) is 4.46. The minimum Gasteiger partial charge on any atom is -0.357 e. The Morgan fingerprint density at radius 2 is 2.00 bits per heavy atom. The highest BCUT2D eigenvalue weighted by molar-refractivity contribution is 5.39. The summed E-state index contributed by atoms with van der Waals surface area (Å²) in [6.45, 7) is 5.45. The van der Waals surface area contributed by atoms with Gasteiger partial charge in [0.25, 0.3) is 0 Å². The molecule has 1 heterocycles. The Morgan fingerprint density at radius 3 is 2.53 bits per heavy atom. The van der Waals surface area contributed by atoms with Crippen LogP contribution >= 0.6 is 0 Å². The van der Waals surface area contributed by atoms with Crippen molar-refractivity contribution in [1.82, 2.24) is 4.98 Å². The molecular formula is C16H27N3. The average Bonchev–Trinajstić information content (AvgIpc) is 2.39.